The van der Waals surface area contributed by atoms with E-state index in [1.165, 1.54) is 0 Å². The van der Waals surface area contributed by atoms with Crippen molar-refractivity contribution in [1.29, 1.82) is 0 Å². The molecule has 3 heteroatoms. The highest BCUT2D eigenvalue weighted by Gasteiger charge is 1.98. The third-order valence-electron chi connectivity index (χ3n) is 3.13. The summed E-state index contributed by atoms with van der Waals surface area (Å²) in [7, 11) is 0. The molecule has 0 fully saturated rings. The van der Waals surface area contributed by atoms with Crippen molar-refractivity contribution in [2.45, 2.75) is 6.92 Å². The predicted octanol–water partition coefficient (Wildman–Crippen LogP) is 4.07. The fourth-order valence-electron chi connectivity index (χ4n) is 2.01. The van der Waals surface area contributed by atoms with E-state index in [0.717, 1.165) is 28.0 Å². The Morgan fingerprint density at radius 3 is 2.50 bits per heavy atom. The van der Waals surface area contributed by atoms with Crippen LogP contribution >= 0.6 is 0 Å². The molecule has 0 aliphatic rings. The molecule has 0 unspecified atom stereocenters. The molecule has 1 N–H and O–H groups in total. The summed E-state index contributed by atoms with van der Waals surface area (Å²) in [6.07, 6.45) is 0. The van der Waals surface area contributed by atoms with E-state index in [4.69, 9.17) is 0 Å². The molecule has 0 bridgehead atoms. The quantitative estimate of drug-likeness (QED) is 0.570. The topological polar surface area (TPSA) is 37.3 Å². The summed E-state index contributed by atoms with van der Waals surface area (Å²) in [5.74, 6) is 0.749. The first kappa shape index (κ1) is 12.4. The number of hydrogen-bond acceptors (Lipinski definition) is 3. The number of nitrogens with zero attached hydrogens (tertiary/aromatic N) is 2. The van der Waals surface area contributed by atoms with Crippen molar-refractivity contribution in [3.8, 4) is 0 Å². The van der Waals surface area contributed by atoms with Crippen LogP contribution in [0.15, 0.2) is 71.8 Å². The van der Waals surface area contributed by atoms with Gasteiger partial charge in [-0.1, -0.05) is 48.5 Å². The molecule has 1 heterocycles. The molecule has 0 saturated carbocycles. The fourth-order valence-corrected chi connectivity index (χ4v) is 2.01. The summed E-state index contributed by atoms with van der Waals surface area (Å²) >= 11 is 0. The molecule has 20 heavy (non-hydrogen) atoms. The first-order valence-electron chi connectivity index (χ1n) is 6.54. The first-order valence-corrected chi connectivity index (χ1v) is 6.54. The average Bonchev–Trinajstić information content (AvgIpc) is 2.53. The minimum atomic E-state index is 0.749. The van der Waals surface area contributed by atoms with Gasteiger partial charge in [0.1, 0.15) is 5.82 Å². The van der Waals surface area contributed by atoms with Crippen LogP contribution in [-0.2, 0) is 0 Å². The van der Waals surface area contributed by atoms with E-state index in [1.807, 2.05) is 73.7 Å². The zero-order valence-electron chi connectivity index (χ0n) is 11.2. The highest BCUT2D eigenvalue weighted by atomic mass is 15.3. The highest BCUT2D eigenvalue weighted by molar-refractivity contribution is 5.99. The maximum Gasteiger partial charge on any atom is 0.146 e. The van der Waals surface area contributed by atoms with Gasteiger partial charge in [0.05, 0.1) is 11.2 Å². The summed E-state index contributed by atoms with van der Waals surface area (Å²) in [5, 5.41) is 5.50. The number of hydrogen-bond donors (Lipinski definition) is 1. The van der Waals surface area contributed by atoms with Crippen molar-refractivity contribution in [3.63, 3.8) is 0 Å². The zero-order chi connectivity index (χ0) is 13.8. The molecule has 2 aromatic carbocycles. The number of anilines is 1. The van der Waals surface area contributed by atoms with E-state index >= 15 is 0 Å². The maximum absolute atomic E-state index is 4.52. The minimum Gasteiger partial charge on any atom is -0.261 e. The molecule has 0 radical (unpaired) electrons. The first-order chi connectivity index (χ1) is 9.83. The highest BCUT2D eigenvalue weighted by Crippen LogP contribution is 2.14. The van der Waals surface area contributed by atoms with E-state index in [9.17, 15) is 0 Å². The number of para-hydroxylation sites is 1. The average molecular weight is 261 g/mol. The third-order valence-corrected chi connectivity index (χ3v) is 3.13. The van der Waals surface area contributed by atoms with Crippen LogP contribution in [0, 0.1) is 0 Å². The molecule has 98 valence electrons. The Balaban J connectivity index is 1.83. The van der Waals surface area contributed by atoms with E-state index in [1.54, 1.807) is 0 Å². The van der Waals surface area contributed by atoms with Gasteiger partial charge >= 0.3 is 0 Å². The maximum atomic E-state index is 4.52. The molecule has 0 amide bonds. The Bertz CT molecular complexity index is 748. The molecule has 0 atom stereocenters. The monoisotopic (exact) mass is 261 g/mol. The molecule has 3 rings (SSSR count). The standard InChI is InChI=1S/C17H15N3/c1-13(14-7-3-2-4-8-14)19-20-17-12-11-15-9-5-6-10-16(15)18-17/h2-12H,1H3,(H,18,20)/b19-13-. The summed E-state index contributed by atoms with van der Waals surface area (Å²) < 4.78 is 0. The SMILES string of the molecule is C/C(=N/Nc1ccc2ccccc2n1)c1ccccc1. The lowest BCUT2D eigenvalue weighted by Gasteiger charge is -2.04. The summed E-state index contributed by atoms with van der Waals surface area (Å²) in [6, 6.07) is 22.1. The Kier molecular flexibility index (Phi) is 3.42. The van der Waals surface area contributed by atoms with E-state index < -0.39 is 0 Å². The van der Waals surface area contributed by atoms with Gasteiger partial charge in [-0.05, 0) is 30.7 Å². The van der Waals surface area contributed by atoms with Crippen LogP contribution in [0.1, 0.15) is 12.5 Å². The molecule has 3 nitrogen and oxygen atoms in total. The van der Waals surface area contributed by atoms with Crippen LogP contribution in [0.2, 0.25) is 0 Å². The van der Waals surface area contributed by atoms with Crippen molar-refractivity contribution in [2.75, 3.05) is 5.43 Å². The van der Waals surface area contributed by atoms with E-state index in [-0.39, 0.29) is 0 Å². The van der Waals surface area contributed by atoms with Crippen molar-refractivity contribution in [3.05, 3.63) is 72.3 Å². The largest absolute Gasteiger partial charge is 0.261 e. The van der Waals surface area contributed by atoms with Crippen molar-refractivity contribution in [2.24, 2.45) is 5.10 Å². The van der Waals surface area contributed by atoms with Crippen LogP contribution in [0.4, 0.5) is 5.82 Å². The molecule has 3 aromatic rings. The fraction of sp³-hybridized carbons (Fsp3) is 0.0588. The van der Waals surface area contributed by atoms with Gasteiger partial charge < -0.3 is 0 Å². The van der Waals surface area contributed by atoms with Gasteiger partial charge in [-0.3, -0.25) is 5.43 Å². The van der Waals surface area contributed by atoms with Crippen LogP contribution in [-0.4, -0.2) is 10.7 Å². The number of hydrazone groups is 1. The van der Waals surface area contributed by atoms with E-state index in [2.05, 4.69) is 15.5 Å². The lowest BCUT2D eigenvalue weighted by molar-refractivity contribution is 1.25. The Morgan fingerprint density at radius 2 is 1.65 bits per heavy atom. The minimum absolute atomic E-state index is 0.749. The second kappa shape index (κ2) is 5.53. The molecular weight excluding hydrogens is 246 g/mol. The van der Waals surface area contributed by atoms with Crippen molar-refractivity contribution < 1.29 is 0 Å². The van der Waals surface area contributed by atoms with Gasteiger partial charge in [0.25, 0.3) is 0 Å². The number of rotatable bonds is 3. The van der Waals surface area contributed by atoms with Crippen LogP contribution in [0.5, 0.6) is 0 Å². The Hall–Kier alpha value is -2.68. The van der Waals surface area contributed by atoms with Crippen LogP contribution < -0.4 is 5.43 Å². The van der Waals surface area contributed by atoms with Gasteiger partial charge in [-0.2, -0.15) is 5.10 Å². The van der Waals surface area contributed by atoms with Crippen molar-refractivity contribution in [1.82, 2.24) is 4.98 Å². The predicted molar refractivity (Wildman–Crippen MR) is 84.0 cm³/mol. The van der Waals surface area contributed by atoms with Gasteiger partial charge in [0.2, 0.25) is 0 Å². The lowest BCUT2D eigenvalue weighted by atomic mass is 10.1. The van der Waals surface area contributed by atoms with Gasteiger partial charge in [0, 0.05) is 5.39 Å². The smallest absolute Gasteiger partial charge is 0.146 e. The normalized spacial score (nSPS) is 11.6. The summed E-state index contributed by atoms with van der Waals surface area (Å²) in [4.78, 5) is 4.52. The molecule has 0 saturated heterocycles. The van der Waals surface area contributed by atoms with Crippen molar-refractivity contribution >= 4 is 22.4 Å². The van der Waals surface area contributed by atoms with E-state index in [0.29, 0.717) is 0 Å². The molecular formula is C17H15N3. The molecule has 0 aliphatic carbocycles. The van der Waals surface area contributed by atoms with Gasteiger partial charge in [-0.15, -0.1) is 0 Å². The second-order valence-electron chi connectivity index (χ2n) is 4.56. The van der Waals surface area contributed by atoms with Gasteiger partial charge in [0.15, 0.2) is 0 Å². The van der Waals surface area contributed by atoms with Gasteiger partial charge in [-0.25, -0.2) is 4.98 Å². The second-order valence-corrected chi connectivity index (χ2v) is 4.56. The molecule has 0 spiro atoms. The lowest BCUT2D eigenvalue weighted by Crippen LogP contribution is -2.00. The summed E-state index contributed by atoms with van der Waals surface area (Å²) in [6.45, 7) is 1.98. The zero-order valence-corrected chi connectivity index (χ0v) is 11.2. The molecule has 1 aromatic heterocycles. The number of benzene rings is 2. The molecule has 0 aliphatic heterocycles. The number of pyridine rings is 1. The third kappa shape index (κ3) is 2.67. The number of fused-ring (bicyclic) bond motifs is 1. The Morgan fingerprint density at radius 1 is 0.900 bits per heavy atom. The number of aromatic nitrogens is 1. The Labute approximate surface area is 118 Å². The van der Waals surface area contributed by atoms with Crippen LogP contribution in [0.3, 0.4) is 0 Å². The number of nitrogens with one attached hydrogen (secondary N) is 1. The van der Waals surface area contributed by atoms with Crippen LogP contribution in [0.25, 0.3) is 10.9 Å². The summed E-state index contributed by atoms with van der Waals surface area (Å²) in [5.41, 5.74) is 6.00.